The summed E-state index contributed by atoms with van der Waals surface area (Å²) in [6, 6.07) is 3.99. The minimum absolute atomic E-state index is 0.0376. The van der Waals surface area contributed by atoms with E-state index in [4.69, 9.17) is 16.6 Å². The number of hydrogen-bond donors (Lipinski definition) is 2. The second kappa shape index (κ2) is 11.2. The quantitative estimate of drug-likeness (QED) is 0.357. The van der Waals surface area contributed by atoms with Crippen LogP contribution < -0.4 is 4.72 Å². The van der Waals surface area contributed by atoms with E-state index >= 15 is 0 Å². The van der Waals surface area contributed by atoms with E-state index in [0.29, 0.717) is 45.2 Å². The summed E-state index contributed by atoms with van der Waals surface area (Å²) >= 11 is 7.88. The molecule has 1 aromatic carbocycles. The van der Waals surface area contributed by atoms with Crippen LogP contribution in [0.25, 0.3) is 5.57 Å². The lowest BCUT2D eigenvalue weighted by molar-refractivity contribution is 0.0550. The number of aliphatic imine (C=N–C) groups is 1. The molecule has 0 spiro atoms. The van der Waals surface area contributed by atoms with Gasteiger partial charge in [0.1, 0.15) is 11.9 Å². The summed E-state index contributed by atoms with van der Waals surface area (Å²) in [4.78, 5) is 11.3. The Hall–Kier alpha value is -2.78. The van der Waals surface area contributed by atoms with Gasteiger partial charge in [-0.1, -0.05) is 24.6 Å². The van der Waals surface area contributed by atoms with Crippen LogP contribution in [-0.2, 0) is 10.0 Å². The molecule has 2 aromatic heterocycles. The third kappa shape index (κ3) is 5.17. The van der Waals surface area contributed by atoms with Crippen molar-refractivity contribution in [2.45, 2.75) is 62.6 Å². The van der Waals surface area contributed by atoms with E-state index in [9.17, 15) is 26.7 Å². The molecule has 2 unspecified atom stereocenters. The van der Waals surface area contributed by atoms with Crippen molar-refractivity contribution >= 4 is 44.4 Å². The van der Waals surface area contributed by atoms with Gasteiger partial charge < -0.3 is 10.0 Å². The van der Waals surface area contributed by atoms with Gasteiger partial charge in [0.2, 0.25) is 10.0 Å². The lowest BCUT2D eigenvalue weighted by atomic mass is 9.84. The van der Waals surface area contributed by atoms with Gasteiger partial charge in [-0.05, 0) is 55.2 Å². The molecule has 15 heteroatoms. The Bertz CT molecular complexity index is 1750. The minimum atomic E-state index is -3.76. The van der Waals surface area contributed by atoms with Crippen LogP contribution in [0.4, 0.5) is 13.2 Å². The zero-order valence-electron chi connectivity index (χ0n) is 23.5. The molecule has 3 aromatic rings. The largest absolute Gasteiger partial charge is 0.393 e. The third-order valence-electron chi connectivity index (χ3n) is 9.42. The molecule has 1 saturated heterocycles. The number of fused-ring (bicyclic) bond motifs is 3. The van der Waals surface area contributed by atoms with Gasteiger partial charge in [-0.3, -0.25) is 4.99 Å². The van der Waals surface area contributed by atoms with Crippen molar-refractivity contribution in [1.29, 1.82) is 0 Å². The summed E-state index contributed by atoms with van der Waals surface area (Å²) in [5.41, 5.74) is 1.81. The number of aliphatic hydroxyl groups excluding tert-OH is 1. The Balaban J connectivity index is 1.29. The van der Waals surface area contributed by atoms with Crippen LogP contribution in [0.2, 0.25) is 5.02 Å². The normalized spacial score (nSPS) is 30.3. The van der Waals surface area contributed by atoms with Crippen molar-refractivity contribution in [2.24, 2.45) is 22.7 Å². The maximum Gasteiger partial charge on any atom is 0.333 e. The van der Waals surface area contributed by atoms with Gasteiger partial charge in [-0.15, -0.1) is 11.3 Å². The van der Waals surface area contributed by atoms with Crippen LogP contribution in [-0.4, -0.2) is 63.0 Å². The molecule has 2 aliphatic carbocycles. The summed E-state index contributed by atoms with van der Waals surface area (Å²) in [5.74, 6) is 0.124. The van der Waals surface area contributed by atoms with Crippen molar-refractivity contribution in [2.75, 3.05) is 6.54 Å². The van der Waals surface area contributed by atoms with E-state index in [1.807, 2.05) is 4.90 Å². The number of benzene rings is 1. The Morgan fingerprint density at radius 1 is 1.20 bits per heavy atom. The molecule has 0 radical (unpaired) electrons. The molecular weight excluding hydrogens is 637 g/mol. The van der Waals surface area contributed by atoms with Crippen molar-refractivity contribution in [1.82, 2.24) is 24.4 Å². The topological polar surface area (TPSA) is 113 Å². The summed E-state index contributed by atoms with van der Waals surface area (Å²) in [5, 5.41) is 16.6. The number of rotatable bonds is 7. The Kier molecular flexibility index (Phi) is 7.63. The second-order valence-electron chi connectivity index (χ2n) is 12.1. The first-order valence-corrected chi connectivity index (χ1v) is 17.3. The predicted molar refractivity (Wildman–Crippen MR) is 160 cm³/mol. The number of alkyl halides is 2. The molecule has 44 heavy (non-hydrogen) atoms. The van der Waals surface area contributed by atoms with E-state index < -0.39 is 45.8 Å². The number of halogens is 4. The Morgan fingerprint density at radius 2 is 2.02 bits per heavy atom. The highest BCUT2D eigenvalue weighted by Gasteiger charge is 2.50. The molecule has 2 N–H and O–H groups in total. The van der Waals surface area contributed by atoms with Crippen LogP contribution in [0.5, 0.6) is 0 Å². The summed E-state index contributed by atoms with van der Waals surface area (Å²) < 4.78 is 72.3. The zero-order valence-corrected chi connectivity index (χ0v) is 25.9. The van der Waals surface area contributed by atoms with Crippen molar-refractivity contribution in [3.63, 3.8) is 0 Å². The van der Waals surface area contributed by atoms with Gasteiger partial charge in [0.25, 0.3) is 0 Å². The molecule has 9 nitrogen and oxygen atoms in total. The summed E-state index contributed by atoms with van der Waals surface area (Å²) in [6.45, 7) is -0.571. The molecule has 0 amide bonds. The predicted octanol–water partition coefficient (Wildman–Crippen LogP) is 5.23. The Morgan fingerprint density at radius 3 is 2.70 bits per heavy atom. The van der Waals surface area contributed by atoms with Crippen molar-refractivity contribution < 1.29 is 26.7 Å². The molecule has 7 atom stereocenters. The molecular formula is C29H30ClF3N6O3S2. The number of amidine groups is 1. The summed E-state index contributed by atoms with van der Waals surface area (Å²) in [6.07, 6.45) is 4.19. The Labute approximate surface area is 261 Å². The lowest BCUT2D eigenvalue weighted by Gasteiger charge is -2.33. The maximum atomic E-state index is 14.1. The molecule has 4 aliphatic rings. The number of nitrogens with zero attached hydrogens (tertiary/aromatic N) is 5. The van der Waals surface area contributed by atoms with E-state index in [1.54, 1.807) is 11.6 Å². The summed E-state index contributed by atoms with van der Waals surface area (Å²) in [7, 11) is -3.76. The van der Waals surface area contributed by atoms with Gasteiger partial charge in [-0.25, -0.2) is 27.2 Å². The average molecular weight is 667 g/mol. The first-order valence-electron chi connectivity index (χ1n) is 14.5. The molecule has 2 saturated carbocycles. The fraction of sp³-hybridized carbons (Fsp3) is 0.483. The average Bonchev–Trinajstić information content (AvgIpc) is 3.76. The van der Waals surface area contributed by atoms with E-state index in [1.165, 1.54) is 41.8 Å². The van der Waals surface area contributed by atoms with Crippen LogP contribution in [0.3, 0.4) is 0 Å². The third-order valence-corrected chi connectivity index (χ3v) is 12.4. The highest BCUT2D eigenvalue weighted by molar-refractivity contribution is 7.90. The first kappa shape index (κ1) is 29.9. The molecule has 4 heterocycles. The molecule has 3 fully saturated rings. The number of sulfonamides is 1. The van der Waals surface area contributed by atoms with Crippen LogP contribution >= 0.6 is 22.9 Å². The standard InChI is InChI=1S/C29H30ClF3N6O3S2/c1-14-8-15-9-18(12-20(14)26(15)40)44(41,42)37-17-11-23-24(22-4-6-39(36-22)29(32)33)25(19-3-2-16(31)10-21(19)30)35-27(38(23)13-17)28-34-5-7-43-28/h2-7,10,14-15,17-18,20,25-26,29,37,40H,8-9,11-13H2,1H3/t14-,15?,17-,18+,20?,25-,26+/m0/s1. The van der Waals surface area contributed by atoms with Gasteiger partial charge in [0.05, 0.1) is 17.0 Å². The number of aliphatic hydroxyl groups is 1. The van der Waals surface area contributed by atoms with Crippen LogP contribution in [0.15, 0.2) is 52.7 Å². The SMILES string of the molecule is C[C@H]1CC2C[C@@H](S(=O)(=O)N[C@H]3CC4=C(c5ccn(C(F)F)n5)[C@H](c5ccc(F)cc5Cl)N=C(c5nccs5)N4C3)CC1[C@@H]2O. The van der Waals surface area contributed by atoms with Crippen molar-refractivity contribution in [3.05, 3.63) is 74.8 Å². The van der Waals surface area contributed by atoms with Gasteiger partial charge in [-0.2, -0.15) is 13.9 Å². The smallest absolute Gasteiger partial charge is 0.333 e. The molecule has 234 valence electrons. The zero-order chi connectivity index (χ0) is 30.9. The van der Waals surface area contributed by atoms with Crippen molar-refractivity contribution in [3.8, 4) is 0 Å². The fourth-order valence-corrected chi connectivity index (χ4v) is 10.1. The molecule has 7 rings (SSSR count). The number of hydrogen-bond acceptors (Lipinski definition) is 8. The first-order chi connectivity index (χ1) is 21.0. The highest BCUT2D eigenvalue weighted by Crippen LogP contribution is 2.49. The number of thiazole rings is 1. The van der Waals surface area contributed by atoms with E-state index in [-0.39, 0.29) is 41.4 Å². The van der Waals surface area contributed by atoms with Gasteiger partial charge in [0, 0.05) is 58.6 Å². The fourth-order valence-electron chi connectivity index (χ4n) is 7.44. The van der Waals surface area contributed by atoms with Gasteiger partial charge >= 0.3 is 6.55 Å². The number of aromatic nitrogens is 3. The monoisotopic (exact) mass is 666 g/mol. The molecule has 2 aliphatic heterocycles. The second-order valence-corrected chi connectivity index (χ2v) is 15.4. The highest BCUT2D eigenvalue weighted by atomic mass is 35.5. The van der Waals surface area contributed by atoms with E-state index in [0.717, 1.165) is 6.42 Å². The van der Waals surface area contributed by atoms with E-state index in [2.05, 4.69) is 21.7 Å². The molecule has 2 bridgehead atoms. The van der Waals surface area contributed by atoms with Crippen LogP contribution in [0, 0.1) is 23.6 Å². The number of nitrogens with one attached hydrogen (secondary N) is 1. The lowest BCUT2D eigenvalue weighted by Crippen LogP contribution is -2.47. The van der Waals surface area contributed by atoms with Crippen LogP contribution in [0.1, 0.15) is 61.5 Å². The van der Waals surface area contributed by atoms with Gasteiger partial charge in [0.15, 0.2) is 10.8 Å². The minimum Gasteiger partial charge on any atom is -0.393 e. The maximum absolute atomic E-state index is 14.1.